The quantitative estimate of drug-likeness (QED) is 0.660. The number of hydrogen-bond donors (Lipinski definition) is 0. The van der Waals surface area contributed by atoms with Gasteiger partial charge in [0.25, 0.3) is 11.5 Å². The highest BCUT2D eigenvalue weighted by atomic mass is 32.1. The summed E-state index contributed by atoms with van der Waals surface area (Å²) in [6, 6.07) is 11.1. The minimum atomic E-state index is -0.168. The molecule has 1 aliphatic rings. The molecule has 4 rings (SSSR count). The summed E-state index contributed by atoms with van der Waals surface area (Å²) in [7, 11) is 0. The monoisotopic (exact) mass is 397 g/mol. The lowest BCUT2D eigenvalue weighted by Crippen LogP contribution is -2.48. The fraction of sp³-hybridized carbons (Fsp3) is 0.400. The Morgan fingerprint density at radius 3 is 2.64 bits per heavy atom. The van der Waals surface area contributed by atoms with Gasteiger partial charge in [-0.1, -0.05) is 19.1 Å². The van der Waals surface area contributed by atoms with Gasteiger partial charge in [0.1, 0.15) is 10.7 Å². The van der Waals surface area contributed by atoms with Crippen LogP contribution in [0.5, 0.6) is 0 Å². The lowest BCUT2D eigenvalue weighted by Gasteiger charge is -2.34. The van der Waals surface area contributed by atoms with Gasteiger partial charge in [-0.2, -0.15) is 5.10 Å². The first-order valence-electron chi connectivity index (χ1n) is 9.58. The predicted molar refractivity (Wildman–Crippen MR) is 110 cm³/mol. The van der Waals surface area contributed by atoms with Crippen LogP contribution >= 0.6 is 11.3 Å². The third-order valence-corrected chi connectivity index (χ3v) is 5.90. The van der Waals surface area contributed by atoms with E-state index in [1.807, 2.05) is 30.0 Å². The Morgan fingerprint density at radius 2 is 1.89 bits per heavy atom. The van der Waals surface area contributed by atoms with Crippen LogP contribution in [0.1, 0.15) is 28.8 Å². The number of benzene rings is 1. The number of aryl methyl sites for hydroxylation is 1. The smallest absolute Gasteiger partial charge is 0.274 e. The molecule has 28 heavy (non-hydrogen) atoms. The highest BCUT2D eigenvalue weighted by molar-refractivity contribution is 7.18. The standard InChI is InChI=1S/C20H23N5O2S/c1-2-9-25-19(26)8-7-16(22-25)20(27)24-12-10-23(11-13-24)14-18-21-15-5-3-4-6-17(15)28-18/h3-8H,2,9-14H2,1H3. The van der Waals surface area contributed by atoms with Gasteiger partial charge in [-0.25, -0.2) is 9.67 Å². The van der Waals surface area contributed by atoms with E-state index in [0.717, 1.165) is 36.6 Å². The largest absolute Gasteiger partial charge is 0.335 e. The van der Waals surface area contributed by atoms with E-state index in [-0.39, 0.29) is 11.5 Å². The van der Waals surface area contributed by atoms with Crippen molar-refractivity contribution >= 4 is 27.5 Å². The summed E-state index contributed by atoms with van der Waals surface area (Å²) < 4.78 is 2.58. The number of para-hydroxylation sites is 1. The molecule has 3 heterocycles. The molecule has 8 heteroatoms. The van der Waals surface area contributed by atoms with E-state index < -0.39 is 0 Å². The fourth-order valence-corrected chi connectivity index (χ4v) is 4.39. The summed E-state index contributed by atoms with van der Waals surface area (Å²) in [5.41, 5.74) is 1.22. The molecule has 0 unspecified atom stereocenters. The van der Waals surface area contributed by atoms with E-state index in [4.69, 9.17) is 4.98 Å². The Balaban J connectivity index is 1.37. The first-order chi connectivity index (χ1) is 13.6. The van der Waals surface area contributed by atoms with Crippen LogP contribution in [0.15, 0.2) is 41.2 Å². The maximum absolute atomic E-state index is 12.8. The van der Waals surface area contributed by atoms with Crippen molar-refractivity contribution in [3.8, 4) is 0 Å². The molecule has 1 aliphatic heterocycles. The molecule has 0 spiro atoms. The zero-order valence-corrected chi connectivity index (χ0v) is 16.7. The van der Waals surface area contributed by atoms with Crippen molar-refractivity contribution in [3.63, 3.8) is 0 Å². The molecule has 1 saturated heterocycles. The summed E-state index contributed by atoms with van der Waals surface area (Å²) in [6.45, 7) is 6.22. The van der Waals surface area contributed by atoms with Crippen LogP contribution in [0.4, 0.5) is 0 Å². The Kier molecular flexibility index (Phi) is 5.50. The topological polar surface area (TPSA) is 71.3 Å². The highest BCUT2D eigenvalue weighted by Gasteiger charge is 2.24. The van der Waals surface area contributed by atoms with Crippen molar-refractivity contribution in [1.29, 1.82) is 0 Å². The van der Waals surface area contributed by atoms with Crippen LogP contribution in [0.2, 0.25) is 0 Å². The molecule has 3 aromatic rings. The number of nitrogens with zero attached hydrogens (tertiary/aromatic N) is 5. The van der Waals surface area contributed by atoms with Crippen LogP contribution < -0.4 is 5.56 Å². The Bertz CT molecular complexity index is 1000. The summed E-state index contributed by atoms with van der Waals surface area (Å²) in [6.07, 6.45) is 0.801. The van der Waals surface area contributed by atoms with Crippen molar-refractivity contribution in [1.82, 2.24) is 24.6 Å². The molecule has 1 amide bonds. The molecule has 2 aromatic heterocycles. The number of carbonyl (C=O) groups is 1. The first kappa shape index (κ1) is 18.8. The van der Waals surface area contributed by atoms with Crippen molar-refractivity contribution < 1.29 is 4.79 Å². The Labute approximate surface area is 167 Å². The van der Waals surface area contributed by atoms with Crippen LogP contribution in [0.3, 0.4) is 0 Å². The average Bonchev–Trinajstić information content (AvgIpc) is 3.12. The number of carbonyl (C=O) groups excluding carboxylic acids is 1. The number of hydrogen-bond acceptors (Lipinski definition) is 6. The van der Waals surface area contributed by atoms with Crippen LogP contribution in [0, 0.1) is 0 Å². The van der Waals surface area contributed by atoms with Gasteiger partial charge in [-0.3, -0.25) is 14.5 Å². The predicted octanol–water partition coefficient (Wildman–Crippen LogP) is 2.22. The van der Waals surface area contributed by atoms with E-state index in [9.17, 15) is 9.59 Å². The fourth-order valence-electron chi connectivity index (χ4n) is 3.38. The third-order valence-electron chi connectivity index (χ3n) is 4.88. The minimum absolute atomic E-state index is 0.107. The number of piperazine rings is 1. The summed E-state index contributed by atoms with van der Waals surface area (Å²) in [5, 5.41) is 5.35. The SMILES string of the molecule is CCCn1nc(C(=O)N2CCN(Cc3nc4ccccc4s3)CC2)ccc1=O. The zero-order valence-electron chi connectivity index (χ0n) is 15.9. The molecular formula is C20H23N5O2S. The van der Waals surface area contributed by atoms with E-state index >= 15 is 0 Å². The van der Waals surface area contributed by atoms with Crippen molar-refractivity contribution in [2.75, 3.05) is 26.2 Å². The van der Waals surface area contributed by atoms with Crippen LogP contribution in [-0.2, 0) is 13.1 Å². The van der Waals surface area contributed by atoms with Gasteiger partial charge in [-0.05, 0) is 24.6 Å². The van der Waals surface area contributed by atoms with Crippen molar-refractivity contribution in [2.45, 2.75) is 26.4 Å². The molecule has 1 fully saturated rings. The second-order valence-corrected chi connectivity index (χ2v) is 8.04. The maximum atomic E-state index is 12.8. The molecular weight excluding hydrogens is 374 g/mol. The van der Waals surface area contributed by atoms with Crippen LogP contribution in [0.25, 0.3) is 10.2 Å². The van der Waals surface area contributed by atoms with E-state index in [1.54, 1.807) is 11.3 Å². The molecule has 0 bridgehead atoms. The summed E-state index contributed by atoms with van der Waals surface area (Å²) >= 11 is 1.73. The lowest BCUT2D eigenvalue weighted by molar-refractivity contribution is 0.0620. The molecule has 0 saturated carbocycles. The van der Waals surface area contributed by atoms with Gasteiger partial charge in [0.2, 0.25) is 0 Å². The van der Waals surface area contributed by atoms with E-state index in [0.29, 0.717) is 25.3 Å². The number of rotatable bonds is 5. The van der Waals surface area contributed by atoms with Crippen molar-refractivity contribution in [2.24, 2.45) is 0 Å². The average molecular weight is 398 g/mol. The number of amides is 1. The third kappa shape index (κ3) is 3.98. The highest BCUT2D eigenvalue weighted by Crippen LogP contribution is 2.23. The van der Waals surface area contributed by atoms with Gasteiger partial charge >= 0.3 is 0 Å². The Morgan fingerprint density at radius 1 is 1.11 bits per heavy atom. The molecule has 146 valence electrons. The molecule has 1 aromatic carbocycles. The second kappa shape index (κ2) is 8.20. The summed E-state index contributed by atoms with van der Waals surface area (Å²) in [4.78, 5) is 33.4. The van der Waals surface area contributed by atoms with E-state index in [2.05, 4.69) is 16.1 Å². The first-order valence-corrected chi connectivity index (χ1v) is 10.4. The molecule has 0 N–H and O–H groups in total. The van der Waals surface area contributed by atoms with Gasteiger partial charge in [-0.15, -0.1) is 11.3 Å². The van der Waals surface area contributed by atoms with Crippen LogP contribution in [-0.4, -0.2) is 56.7 Å². The zero-order chi connectivity index (χ0) is 19.5. The minimum Gasteiger partial charge on any atom is -0.335 e. The Hall–Kier alpha value is -2.58. The molecule has 7 nitrogen and oxygen atoms in total. The van der Waals surface area contributed by atoms with Gasteiger partial charge in [0, 0.05) is 38.8 Å². The second-order valence-electron chi connectivity index (χ2n) is 6.92. The van der Waals surface area contributed by atoms with Gasteiger partial charge in [0.05, 0.1) is 16.8 Å². The van der Waals surface area contributed by atoms with E-state index in [1.165, 1.54) is 21.5 Å². The molecule has 0 aliphatic carbocycles. The van der Waals surface area contributed by atoms with Crippen molar-refractivity contribution in [3.05, 3.63) is 57.5 Å². The summed E-state index contributed by atoms with van der Waals surface area (Å²) in [5.74, 6) is -0.107. The molecule has 0 radical (unpaired) electrons. The molecule has 0 atom stereocenters. The van der Waals surface area contributed by atoms with Gasteiger partial charge < -0.3 is 4.90 Å². The number of aromatic nitrogens is 3. The number of thiazole rings is 1. The normalized spacial score (nSPS) is 15.2. The van der Waals surface area contributed by atoms with Gasteiger partial charge in [0.15, 0.2) is 0 Å². The maximum Gasteiger partial charge on any atom is 0.274 e. The number of fused-ring (bicyclic) bond motifs is 1. The lowest BCUT2D eigenvalue weighted by atomic mass is 10.2.